The first-order chi connectivity index (χ1) is 11.5. The Kier molecular flexibility index (Phi) is 9.43. The molecule has 0 spiro atoms. The molecule has 2 unspecified atom stereocenters. The summed E-state index contributed by atoms with van der Waals surface area (Å²) in [4.78, 5) is 0. The van der Waals surface area contributed by atoms with Gasteiger partial charge in [0.1, 0.15) is 0 Å². The standard InChI is InChI=1S/C16H28O6P2/c1-5-19-16(24(18,21-7-3)22-8-4)14-23(17,20-6-2)15-12-10-9-11-13-15/h9-13,16H,5-8,14H2,1-4H3. The van der Waals surface area contributed by atoms with Crippen LogP contribution in [0.15, 0.2) is 30.3 Å². The first kappa shape index (κ1) is 21.6. The molecule has 0 saturated heterocycles. The second-order valence-electron chi connectivity index (χ2n) is 4.89. The molecule has 1 rings (SSSR count). The Balaban J connectivity index is 3.18. The average molecular weight is 378 g/mol. The topological polar surface area (TPSA) is 71.1 Å². The first-order valence-electron chi connectivity index (χ1n) is 8.25. The number of ether oxygens (including phenoxy) is 1. The second-order valence-corrected chi connectivity index (χ2v) is 9.55. The van der Waals surface area contributed by atoms with E-state index < -0.39 is 20.8 Å². The van der Waals surface area contributed by atoms with E-state index >= 15 is 0 Å². The van der Waals surface area contributed by atoms with E-state index in [2.05, 4.69) is 0 Å². The van der Waals surface area contributed by atoms with Gasteiger partial charge in [-0.3, -0.25) is 9.13 Å². The summed E-state index contributed by atoms with van der Waals surface area (Å²) in [6.07, 6.45) is -0.0596. The summed E-state index contributed by atoms with van der Waals surface area (Å²) in [6, 6.07) is 8.91. The molecule has 1 aromatic rings. The third-order valence-corrected chi connectivity index (χ3v) is 8.35. The molecule has 6 nitrogen and oxygen atoms in total. The first-order valence-corrected chi connectivity index (χ1v) is 11.7. The zero-order chi connectivity index (χ0) is 18.1. The van der Waals surface area contributed by atoms with Crippen LogP contribution < -0.4 is 5.30 Å². The summed E-state index contributed by atoms with van der Waals surface area (Å²) in [5.74, 6) is -0.944. The Labute approximate surface area is 144 Å². The number of benzene rings is 1. The Morgan fingerprint density at radius 3 is 1.83 bits per heavy atom. The van der Waals surface area contributed by atoms with Gasteiger partial charge in [-0.25, -0.2) is 0 Å². The molecule has 0 bridgehead atoms. The van der Waals surface area contributed by atoms with Crippen LogP contribution in [0, 0.1) is 0 Å². The molecule has 0 heterocycles. The molecule has 0 amide bonds. The van der Waals surface area contributed by atoms with Gasteiger partial charge in [0, 0.05) is 11.9 Å². The van der Waals surface area contributed by atoms with E-state index in [-0.39, 0.29) is 26.0 Å². The molecule has 0 saturated carbocycles. The lowest BCUT2D eigenvalue weighted by Gasteiger charge is -2.29. The van der Waals surface area contributed by atoms with E-state index in [0.29, 0.717) is 11.9 Å². The van der Waals surface area contributed by atoms with Gasteiger partial charge in [-0.05, 0) is 39.8 Å². The van der Waals surface area contributed by atoms with Crippen LogP contribution in [-0.2, 0) is 27.4 Å². The van der Waals surface area contributed by atoms with Gasteiger partial charge >= 0.3 is 7.60 Å². The highest BCUT2D eigenvalue weighted by Gasteiger charge is 2.42. The Morgan fingerprint density at radius 2 is 1.38 bits per heavy atom. The molecule has 0 N–H and O–H groups in total. The van der Waals surface area contributed by atoms with E-state index in [1.165, 1.54) is 0 Å². The van der Waals surface area contributed by atoms with Crippen LogP contribution in [0.1, 0.15) is 27.7 Å². The van der Waals surface area contributed by atoms with Crippen molar-refractivity contribution >= 4 is 20.3 Å². The van der Waals surface area contributed by atoms with Crippen LogP contribution in [0.4, 0.5) is 0 Å². The molecule has 1 aromatic carbocycles. The summed E-state index contributed by atoms with van der Waals surface area (Å²) < 4.78 is 48.4. The smallest absolute Gasteiger partial charge is 0.359 e. The SMILES string of the molecule is CCOC(CP(=O)(OCC)c1ccccc1)P(=O)(OCC)OCC. The van der Waals surface area contributed by atoms with Crippen molar-refractivity contribution in [1.29, 1.82) is 0 Å². The van der Waals surface area contributed by atoms with Crippen molar-refractivity contribution in [2.45, 2.75) is 33.5 Å². The molecule has 2 atom stereocenters. The van der Waals surface area contributed by atoms with Crippen LogP contribution in [0.5, 0.6) is 0 Å². The van der Waals surface area contributed by atoms with Crippen molar-refractivity contribution < 1.29 is 27.4 Å². The van der Waals surface area contributed by atoms with Crippen LogP contribution in [0.25, 0.3) is 0 Å². The van der Waals surface area contributed by atoms with E-state index in [0.717, 1.165) is 0 Å². The highest BCUT2D eigenvalue weighted by molar-refractivity contribution is 7.68. The fraction of sp³-hybridized carbons (Fsp3) is 0.625. The van der Waals surface area contributed by atoms with Crippen LogP contribution in [0.2, 0.25) is 0 Å². The van der Waals surface area contributed by atoms with E-state index in [1.54, 1.807) is 52.0 Å². The highest BCUT2D eigenvalue weighted by atomic mass is 31.2. The third kappa shape index (κ3) is 5.80. The summed E-state index contributed by atoms with van der Waals surface area (Å²) in [7, 11) is -6.82. The van der Waals surface area contributed by atoms with E-state index in [9.17, 15) is 9.13 Å². The van der Waals surface area contributed by atoms with Crippen molar-refractivity contribution in [3.05, 3.63) is 30.3 Å². The molecule has 0 aliphatic rings. The van der Waals surface area contributed by atoms with Crippen molar-refractivity contribution in [2.75, 3.05) is 32.6 Å². The summed E-state index contributed by atoms with van der Waals surface area (Å²) in [6.45, 7) is 8.02. The molecule has 0 radical (unpaired) electrons. The fourth-order valence-corrected chi connectivity index (χ4v) is 7.23. The maximum Gasteiger partial charge on any atom is 0.359 e. The minimum atomic E-state index is -3.56. The minimum absolute atomic E-state index is 0.0596. The molecule has 0 aromatic heterocycles. The van der Waals surface area contributed by atoms with Crippen LogP contribution >= 0.6 is 15.0 Å². The van der Waals surface area contributed by atoms with Gasteiger partial charge in [-0.1, -0.05) is 18.2 Å². The van der Waals surface area contributed by atoms with Crippen molar-refractivity contribution in [3.8, 4) is 0 Å². The van der Waals surface area contributed by atoms with Gasteiger partial charge in [0.05, 0.1) is 26.0 Å². The molecule has 0 aliphatic carbocycles. The monoisotopic (exact) mass is 378 g/mol. The van der Waals surface area contributed by atoms with Gasteiger partial charge in [0.2, 0.25) is 7.37 Å². The largest absolute Gasteiger partial charge is 0.365 e. The molecule has 0 aliphatic heterocycles. The lowest BCUT2D eigenvalue weighted by molar-refractivity contribution is 0.0884. The minimum Gasteiger partial charge on any atom is -0.365 e. The molecule has 24 heavy (non-hydrogen) atoms. The molecule has 138 valence electrons. The zero-order valence-electron chi connectivity index (χ0n) is 14.8. The van der Waals surface area contributed by atoms with Crippen molar-refractivity contribution in [3.63, 3.8) is 0 Å². The van der Waals surface area contributed by atoms with Gasteiger partial charge in [-0.15, -0.1) is 0 Å². The quantitative estimate of drug-likeness (QED) is 0.506. The van der Waals surface area contributed by atoms with Gasteiger partial charge < -0.3 is 18.3 Å². The fourth-order valence-electron chi connectivity index (χ4n) is 2.30. The van der Waals surface area contributed by atoms with Crippen LogP contribution in [0.3, 0.4) is 0 Å². The van der Waals surface area contributed by atoms with Gasteiger partial charge in [0.25, 0.3) is 0 Å². The summed E-state index contributed by atoms with van der Waals surface area (Å²) in [5.41, 5.74) is 0. The Morgan fingerprint density at radius 1 is 0.833 bits per heavy atom. The van der Waals surface area contributed by atoms with E-state index in [1.807, 2.05) is 6.07 Å². The molecule has 0 fully saturated rings. The molecule has 8 heteroatoms. The van der Waals surface area contributed by atoms with Crippen LogP contribution in [-0.4, -0.2) is 38.4 Å². The predicted molar refractivity (Wildman–Crippen MR) is 96.4 cm³/mol. The van der Waals surface area contributed by atoms with Gasteiger partial charge in [0.15, 0.2) is 5.85 Å². The maximum absolute atomic E-state index is 13.4. The number of rotatable bonds is 12. The number of hydrogen-bond acceptors (Lipinski definition) is 6. The highest BCUT2D eigenvalue weighted by Crippen LogP contribution is 2.59. The van der Waals surface area contributed by atoms with E-state index in [4.69, 9.17) is 18.3 Å². The lowest BCUT2D eigenvalue weighted by Crippen LogP contribution is -2.25. The Bertz CT molecular complexity index is 553. The van der Waals surface area contributed by atoms with Crippen molar-refractivity contribution in [1.82, 2.24) is 0 Å². The second kappa shape index (κ2) is 10.5. The zero-order valence-corrected chi connectivity index (χ0v) is 16.6. The Hall–Kier alpha value is -0.480. The molecular formula is C16H28O6P2. The van der Waals surface area contributed by atoms with Gasteiger partial charge in [-0.2, -0.15) is 0 Å². The van der Waals surface area contributed by atoms with Crippen molar-refractivity contribution in [2.24, 2.45) is 0 Å². The predicted octanol–water partition coefficient (Wildman–Crippen LogP) is 4.26. The summed E-state index contributed by atoms with van der Waals surface area (Å²) >= 11 is 0. The lowest BCUT2D eigenvalue weighted by atomic mass is 10.4. The number of hydrogen-bond donors (Lipinski definition) is 0. The molecular weight excluding hydrogens is 350 g/mol. The normalized spacial score (nSPS) is 15.8. The summed E-state index contributed by atoms with van der Waals surface area (Å²) in [5, 5.41) is 0.566. The third-order valence-electron chi connectivity index (χ3n) is 3.21. The maximum atomic E-state index is 13.4. The average Bonchev–Trinajstić information content (AvgIpc) is 2.56.